The summed E-state index contributed by atoms with van der Waals surface area (Å²) >= 11 is 0. The van der Waals surface area contributed by atoms with Crippen LogP contribution in [0.15, 0.2) is 24.4 Å². The average molecular weight is 312 g/mol. The lowest BCUT2D eigenvalue weighted by Gasteiger charge is -2.05. The van der Waals surface area contributed by atoms with Gasteiger partial charge in [0.1, 0.15) is 5.82 Å². The maximum Gasteiger partial charge on any atom is 0.221 e. The van der Waals surface area contributed by atoms with Crippen molar-refractivity contribution in [3.05, 3.63) is 41.3 Å². The van der Waals surface area contributed by atoms with E-state index in [1.54, 1.807) is 4.68 Å². The van der Waals surface area contributed by atoms with Crippen LogP contribution in [0.4, 0.5) is 0 Å². The molecule has 2 aromatic heterocycles. The number of aromatic amines is 1. The molecule has 1 aromatic carbocycles. The van der Waals surface area contributed by atoms with Gasteiger partial charge in [-0.2, -0.15) is 0 Å². The van der Waals surface area contributed by atoms with E-state index in [4.69, 9.17) is 0 Å². The Hall–Kier alpha value is -2.70. The SMILES string of the molecule is Cc1cccc2c(CCNC(=O)CCn3nnnc3C)c[nH]c12. The zero-order valence-corrected chi connectivity index (χ0v) is 13.3. The number of benzene rings is 1. The smallest absolute Gasteiger partial charge is 0.221 e. The van der Waals surface area contributed by atoms with Crippen LogP contribution in [0.3, 0.4) is 0 Å². The first-order valence-electron chi connectivity index (χ1n) is 7.70. The molecule has 0 aliphatic carbocycles. The lowest BCUT2D eigenvalue weighted by atomic mass is 10.1. The highest BCUT2D eigenvalue weighted by molar-refractivity contribution is 5.86. The maximum absolute atomic E-state index is 11.9. The second kappa shape index (κ2) is 6.60. The second-order valence-corrected chi connectivity index (χ2v) is 5.61. The van der Waals surface area contributed by atoms with E-state index in [1.165, 1.54) is 22.0 Å². The Morgan fingerprint density at radius 3 is 3.00 bits per heavy atom. The summed E-state index contributed by atoms with van der Waals surface area (Å²) < 4.78 is 1.63. The van der Waals surface area contributed by atoms with Crippen LogP contribution < -0.4 is 5.32 Å². The van der Waals surface area contributed by atoms with Crippen LogP contribution in [0.2, 0.25) is 0 Å². The summed E-state index contributed by atoms with van der Waals surface area (Å²) in [6.07, 6.45) is 3.20. The average Bonchev–Trinajstić information content (AvgIpc) is 3.13. The molecule has 3 aromatic rings. The van der Waals surface area contributed by atoms with Crippen molar-refractivity contribution in [2.75, 3.05) is 6.54 Å². The fourth-order valence-corrected chi connectivity index (χ4v) is 2.66. The molecule has 0 aliphatic rings. The lowest BCUT2D eigenvalue weighted by molar-refractivity contribution is -0.121. The topological polar surface area (TPSA) is 88.5 Å². The summed E-state index contributed by atoms with van der Waals surface area (Å²) in [6.45, 7) is 5.02. The van der Waals surface area contributed by atoms with Crippen LogP contribution in [0.25, 0.3) is 10.9 Å². The summed E-state index contributed by atoms with van der Waals surface area (Å²) in [7, 11) is 0. The first-order chi connectivity index (χ1) is 11.1. The van der Waals surface area contributed by atoms with Gasteiger partial charge in [0, 0.05) is 30.1 Å². The minimum atomic E-state index is 0.0101. The van der Waals surface area contributed by atoms with Gasteiger partial charge in [0.05, 0.1) is 6.54 Å². The van der Waals surface area contributed by atoms with Crippen molar-refractivity contribution in [3.63, 3.8) is 0 Å². The van der Waals surface area contributed by atoms with Gasteiger partial charge in [0.25, 0.3) is 0 Å². The molecule has 2 N–H and O–H groups in total. The van der Waals surface area contributed by atoms with Crippen LogP contribution in [-0.4, -0.2) is 37.6 Å². The number of aryl methyl sites for hydroxylation is 3. The van der Waals surface area contributed by atoms with E-state index < -0.39 is 0 Å². The van der Waals surface area contributed by atoms with Crippen LogP contribution in [0.5, 0.6) is 0 Å². The minimum Gasteiger partial charge on any atom is -0.361 e. The van der Waals surface area contributed by atoms with Gasteiger partial charge in [-0.1, -0.05) is 18.2 Å². The molecule has 0 atom stereocenters. The number of amides is 1. The van der Waals surface area contributed by atoms with Crippen molar-refractivity contribution in [3.8, 4) is 0 Å². The summed E-state index contributed by atoms with van der Waals surface area (Å²) in [5, 5.41) is 15.3. The Kier molecular flexibility index (Phi) is 4.36. The number of fused-ring (bicyclic) bond motifs is 1. The number of carbonyl (C=O) groups is 1. The third-order valence-corrected chi connectivity index (χ3v) is 3.99. The van der Waals surface area contributed by atoms with E-state index in [0.717, 1.165) is 6.42 Å². The molecule has 0 aliphatic heterocycles. The Morgan fingerprint density at radius 2 is 2.22 bits per heavy atom. The van der Waals surface area contributed by atoms with Crippen molar-refractivity contribution in [2.24, 2.45) is 0 Å². The van der Waals surface area contributed by atoms with Crippen LogP contribution in [0, 0.1) is 13.8 Å². The molecule has 0 bridgehead atoms. The van der Waals surface area contributed by atoms with Crippen LogP contribution in [0.1, 0.15) is 23.4 Å². The molecule has 0 unspecified atom stereocenters. The third kappa shape index (κ3) is 3.39. The van der Waals surface area contributed by atoms with Gasteiger partial charge in [0.15, 0.2) is 0 Å². The molecule has 23 heavy (non-hydrogen) atoms. The van der Waals surface area contributed by atoms with Gasteiger partial charge in [-0.25, -0.2) is 4.68 Å². The van der Waals surface area contributed by atoms with E-state index in [2.05, 4.69) is 50.9 Å². The van der Waals surface area contributed by atoms with Gasteiger partial charge in [-0.3, -0.25) is 4.79 Å². The third-order valence-electron chi connectivity index (χ3n) is 3.99. The predicted octanol–water partition coefficient (Wildman–Crippen LogP) is 1.52. The molecular formula is C16H20N6O. The van der Waals surface area contributed by atoms with Crippen molar-refractivity contribution in [1.82, 2.24) is 30.5 Å². The summed E-state index contributed by atoms with van der Waals surface area (Å²) in [6, 6.07) is 6.25. The number of H-pyrrole nitrogens is 1. The van der Waals surface area contributed by atoms with E-state index in [9.17, 15) is 4.79 Å². The molecule has 120 valence electrons. The monoisotopic (exact) mass is 312 g/mol. The number of aromatic nitrogens is 5. The highest BCUT2D eigenvalue weighted by Crippen LogP contribution is 2.21. The van der Waals surface area contributed by atoms with Crippen molar-refractivity contribution >= 4 is 16.8 Å². The highest BCUT2D eigenvalue weighted by Gasteiger charge is 2.07. The predicted molar refractivity (Wildman–Crippen MR) is 86.9 cm³/mol. The first kappa shape index (κ1) is 15.2. The number of rotatable bonds is 6. The Labute approximate surface area is 134 Å². The Bertz CT molecular complexity index is 819. The van der Waals surface area contributed by atoms with E-state index in [1.807, 2.05) is 13.1 Å². The number of nitrogens with one attached hydrogen (secondary N) is 2. The number of tetrazole rings is 1. The molecule has 0 saturated carbocycles. The summed E-state index contributed by atoms with van der Waals surface area (Å²) in [4.78, 5) is 15.2. The van der Waals surface area contributed by atoms with E-state index in [0.29, 0.717) is 25.3 Å². The fourth-order valence-electron chi connectivity index (χ4n) is 2.66. The van der Waals surface area contributed by atoms with Gasteiger partial charge in [0.2, 0.25) is 5.91 Å². The van der Waals surface area contributed by atoms with Gasteiger partial charge >= 0.3 is 0 Å². The molecule has 0 saturated heterocycles. The van der Waals surface area contributed by atoms with Crippen LogP contribution >= 0.6 is 0 Å². The van der Waals surface area contributed by atoms with Crippen molar-refractivity contribution < 1.29 is 4.79 Å². The molecule has 0 radical (unpaired) electrons. The number of hydrogen-bond donors (Lipinski definition) is 2. The minimum absolute atomic E-state index is 0.0101. The second-order valence-electron chi connectivity index (χ2n) is 5.61. The normalized spacial score (nSPS) is 11.0. The number of nitrogens with zero attached hydrogens (tertiary/aromatic N) is 4. The van der Waals surface area contributed by atoms with Crippen molar-refractivity contribution in [1.29, 1.82) is 0 Å². The molecular weight excluding hydrogens is 292 g/mol. The van der Waals surface area contributed by atoms with Crippen molar-refractivity contribution in [2.45, 2.75) is 33.2 Å². The molecule has 2 heterocycles. The summed E-state index contributed by atoms with van der Waals surface area (Å²) in [5.74, 6) is 0.725. The zero-order valence-electron chi connectivity index (χ0n) is 13.3. The maximum atomic E-state index is 11.9. The van der Waals surface area contributed by atoms with Gasteiger partial charge in [-0.05, 0) is 41.8 Å². The molecule has 7 nitrogen and oxygen atoms in total. The standard InChI is InChI=1S/C16H20N6O/c1-11-4-3-5-14-13(10-18-16(11)14)6-8-17-15(23)7-9-22-12(2)19-20-21-22/h3-5,10,18H,6-9H2,1-2H3,(H,17,23). The number of para-hydroxylation sites is 1. The van der Waals surface area contributed by atoms with E-state index >= 15 is 0 Å². The van der Waals surface area contributed by atoms with Crippen LogP contribution in [-0.2, 0) is 17.8 Å². The first-order valence-corrected chi connectivity index (χ1v) is 7.70. The number of carbonyl (C=O) groups excluding carboxylic acids is 1. The lowest BCUT2D eigenvalue weighted by Crippen LogP contribution is -2.26. The van der Waals surface area contributed by atoms with Gasteiger partial charge < -0.3 is 10.3 Å². The molecule has 7 heteroatoms. The Balaban J connectivity index is 1.49. The fraction of sp³-hybridized carbons (Fsp3) is 0.375. The molecule has 0 spiro atoms. The largest absolute Gasteiger partial charge is 0.361 e. The molecule has 3 rings (SSSR count). The summed E-state index contributed by atoms with van der Waals surface area (Å²) in [5.41, 5.74) is 3.62. The quantitative estimate of drug-likeness (QED) is 0.722. The number of hydrogen-bond acceptors (Lipinski definition) is 4. The van der Waals surface area contributed by atoms with Gasteiger partial charge in [-0.15, -0.1) is 5.10 Å². The molecule has 1 amide bonds. The van der Waals surface area contributed by atoms with E-state index in [-0.39, 0.29) is 5.91 Å². The molecule has 0 fully saturated rings. The Morgan fingerprint density at radius 1 is 1.35 bits per heavy atom. The zero-order chi connectivity index (χ0) is 16.2. The highest BCUT2D eigenvalue weighted by atomic mass is 16.1.